The fourth-order valence-corrected chi connectivity index (χ4v) is 1.19. The molecule has 0 fully saturated rings. The molecule has 0 aliphatic rings. The van der Waals surface area contributed by atoms with Crippen molar-refractivity contribution in [3.63, 3.8) is 0 Å². The van der Waals surface area contributed by atoms with Gasteiger partial charge in [-0.15, -0.1) is 0 Å². The third kappa shape index (κ3) is 1.94. The summed E-state index contributed by atoms with van der Waals surface area (Å²) in [6, 6.07) is 0.850. The minimum atomic E-state index is -5.76. The molecule has 0 radical (unpaired) electrons. The lowest BCUT2D eigenvalue weighted by molar-refractivity contribution is -0.289. The number of hydrogen-bond acceptors (Lipinski definition) is 1. The van der Waals surface area contributed by atoms with E-state index >= 15 is 0 Å². The maximum absolute atomic E-state index is 12.9. The number of hydrogen-bond donors (Lipinski definition) is 1. The zero-order valence-electron chi connectivity index (χ0n) is 8.00. The quantitative estimate of drug-likeness (QED) is 0.594. The third-order valence-corrected chi connectivity index (χ3v) is 2.04. The van der Waals surface area contributed by atoms with Gasteiger partial charge in [0.15, 0.2) is 0 Å². The summed E-state index contributed by atoms with van der Waals surface area (Å²) in [6.07, 6.45) is -5.76. The molecule has 0 saturated heterocycles. The highest BCUT2D eigenvalue weighted by Crippen LogP contribution is 2.45. The van der Waals surface area contributed by atoms with E-state index in [4.69, 9.17) is 5.73 Å². The zero-order valence-corrected chi connectivity index (χ0v) is 8.00. The molecule has 0 saturated carbocycles. The van der Waals surface area contributed by atoms with Gasteiger partial charge in [-0.05, 0) is 24.6 Å². The second kappa shape index (κ2) is 3.57. The molecule has 1 aromatic rings. The van der Waals surface area contributed by atoms with E-state index < -0.39 is 34.7 Å². The first-order chi connectivity index (χ1) is 7.07. The Balaban J connectivity index is 3.39. The van der Waals surface area contributed by atoms with E-state index in [-0.39, 0.29) is 6.07 Å². The average molecular weight is 243 g/mol. The van der Waals surface area contributed by atoms with Gasteiger partial charge < -0.3 is 5.73 Å². The molecular formula is C9H7F6N. The van der Waals surface area contributed by atoms with Crippen LogP contribution in [-0.2, 0) is 5.92 Å². The van der Waals surface area contributed by atoms with Gasteiger partial charge in [-0.3, -0.25) is 0 Å². The fourth-order valence-electron chi connectivity index (χ4n) is 1.19. The van der Waals surface area contributed by atoms with Gasteiger partial charge in [0.2, 0.25) is 0 Å². The van der Waals surface area contributed by atoms with Gasteiger partial charge in [0, 0.05) is 5.56 Å². The molecular weight excluding hydrogens is 236 g/mol. The molecule has 2 N–H and O–H groups in total. The van der Waals surface area contributed by atoms with Gasteiger partial charge in [0.1, 0.15) is 5.82 Å². The molecule has 0 spiro atoms. The lowest BCUT2D eigenvalue weighted by Gasteiger charge is -2.21. The van der Waals surface area contributed by atoms with E-state index in [1.165, 1.54) is 0 Å². The summed E-state index contributed by atoms with van der Waals surface area (Å²) < 4.78 is 74.7. The van der Waals surface area contributed by atoms with Crippen molar-refractivity contribution in [1.29, 1.82) is 0 Å². The van der Waals surface area contributed by atoms with Crippen LogP contribution in [0.15, 0.2) is 12.1 Å². The molecule has 1 rings (SSSR count). The number of nitrogen functional groups attached to an aromatic ring is 1. The topological polar surface area (TPSA) is 26.0 Å². The van der Waals surface area contributed by atoms with Crippen molar-refractivity contribution in [2.75, 3.05) is 5.73 Å². The van der Waals surface area contributed by atoms with Crippen LogP contribution in [-0.4, -0.2) is 6.18 Å². The number of benzene rings is 1. The first-order valence-electron chi connectivity index (χ1n) is 4.08. The highest BCUT2D eigenvalue weighted by atomic mass is 19.4. The molecule has 7 heteroatoms. The number of halogens is 6. The Hall–Kier alpha value is -1.40. The molecule has 0 bridgehead atoms. The molecule has 0 aromatic heterocycles. The van der Waals surface area contributed by atoms with Crippen LogP contribution in [0.25, 0.3) is 0 Å². The Labute approximate surface area is 86.9 Å². The Morgan fingerprint density at radius 3 is 2.00 bits per heavy atom. The van der Waals surface area contributed by atoms with Crippen LogP contribution < -0.4 is 5.73 Å². The van der Waals surface area contributed by atoms with Gasteiger partial charge >= 0.3 is 12.1 Å². The molecule has 1 nitrogen and oxygen atoms in total. The molecule has 16 heavy (non-hydrogen) atoms. The minimum absolute atomic E-state index is 0.109. The predicted octanol–water partition coefficient (Wildman–Crippen LogP) is 3.37. The summed E-state index contributed by atoms with van der Waals surface area (Å²) in [7, 11) is 0. The largest absolute Gasteiger partial charge is 0.458 e. The van der Waals surface area contributed by atoms with Crippen molar-refractivity contribution in [2.45, 2.75) is 19.0 Å². The summed E-state index contributed by atoms with van der Waals surface area (Å²) in [5, 5.41) is 0. The number of alkyl halides is 5. The van der Waals surface area contributed by atoms with E-state index in [1.807, 2.05) is 0 Å². The van der Waals surface area contributed by atoms with Crippen molar-refractivity contribution < 1.29 is 26.3 Å². The Morgan fingerprint density at radius 1 is 1.06 bits per heavy atom. The normalized spacial score (nSPS) is 12.9. The molecule has 90 valence electrons. The van der Waals surface area contributed by atoms with Crippen molar-refractivity contribution in [3.05, 3.63) is 29.1 Å². The van der Waals surface area contributed by atoms with Crippen LogP contribution in [0.3, 0.4) is 0 Å². The molecule has 1 aromatic carbocycles. The zero-order chi connectivity index (χ0) is 12.7. The van der Waals surface area contributed by atoms with Crippen molar-refractivity contribution >= 4 is 5.69 Å². The maximum atomic E-state index is 12.9. The number of rotatable bonds is 1. The lowest BCUT2D eigenvalue weighted by atomic mass is 10.0. The van der Waals surface area contributed by atoms with E-state index in [1.54, 1.807) is 0 Å². The minimum Gasteiger partial charge on any atom is -0.396 e. The number of aryl methyl sites for hydroxylation is 1. The van der Waals surface area contributed by atoms with Crippen molar-refractivity contribution in [3.8, 4) is 0 Å². The second-order valence-corrected chi connectivity index (χ2v) is 3.26. The van der Waals surface area contributed by atoms with Crippen LogP contribution in [0.1, 0.15) is 11.1 Å². The molecule has 0 aliphatic heterocycles. The lowest BCUT2D eigenvalue weighted by Crippen LogP contribution is -2.34. The van der Waals surface area contributed by atoms with E-state index in [0.717, 1.165) is 13.0 Å². The Kier molecular flexibility index (Phi) is 2.82. The Morgan fingerprint density at radius 2 is 1.56 bits per heavy atom. The summed E-state index contributed by atoms with van der Waals surface area (Å²) in [5.74, 6) is -6.39. The fraction of sp³-hybridized carbons (Fsp3) is 0.333. The maximum Gasteiger partial charge on any atom is 0.458 e. The van der Waals surface area contributed by atoms with Gasteiger partial charge in [-0.1, -0.05) is 0 Å². The third-order valence-electron chi connectivity index (χ3n) is 2.04. The van der Waals surface area contributed by atoms with Gasteiger partial charge in [-0.25, -0.2) is 4.39 Å². The van der Waals surface area contributed by atoms with Crippen LogP contribution in [0.4, 0.5) is 32.0 Å². The van der Waals surface area contributed by atoms with Gasteiger partial charge in [0.25, 0.3) is 0 Å². The number of nitrogens with two attached hydrogens (primary N) is 1. The summed E-state index contributed by atoms with van der Waals surface area (Å²) >= 11 is 0. The molecule has 0 atom stereocenters. The van der Waals surface area contributed by atoms with E-state index in [2.05, 4.69) is 0 Å². The molecule has 0 amide bonds. The number of anilines is 1. The predicted molar refractivity (Wildman–Crippen MR) is 45.5 cm³/mol. The smallest absolute Gasteiger partial charge is 0.396 e. The van der Waals surface area contributed by atoms with Crippen molar-refractivity contribution in [1.82, 2.24) is 0 Å². The Bertz CT molecular complexity index is 409. The summed E-state index contributed by atoms with van der Waals surface area (Å²) in [5.41, 5.74) is 2.73. The summed E-state index contributed by atoms with van der Waals surface area (Å²) in [4.78, 5) is 0. The highest BCUT2D eigenvalue weighted by Gasteiger charge is 2.59. The standard InChI is InChI=1S/C9H7F6N/c1-4-2-7(16)6(10)3-5(4)8(11,12)9(13,14)15/h2-3H,16H2,1H3. The van der Waals surface area contributed by atoms with Crippen LogP contribution in [0.2, 0.25) is 0 Å². The van der Waals surface area contributed by atoms with E-state index in [9.17, 15) is 26.3 Å². The van der Waals surface area contributed by atoms with Gasteiger partial charge in [0.05, 0.1) is 5.69 Å². The second-order valence-electron chi connectivity index (χ2n) is 3.26. The molecule has 0 unspecified atom stereocenters. The van der Waals surface area contributed by atoms with Gasteiger partial charge in [-0.2, -0.15) is 22.0 Å². The van der Waals surface area contributed by atoms with Crippen LogP contribution in [0, 0.1) is 12.7 Å². The van der Waals surface area contributed by atoms with Crippen LogP contribution in [0.5, 0.6) is 0 Å². The average Bonchev–Trinajstić information content (AvgIpc) is 2.09. The summed E-state index contributed by atoms with van der Waals surface area (Å²) in [6.45, 7) is 1.00. The SMILES string of the molecule is Cc1cc(N)c(F)cc1C(F)(F)C(F)(F)F. The first-order valence-corrected chi connectivity index (χ1v) is 4.08. The monoisotopic (exact) mass is 243 g/mol. The first kappa shape index (κ1) is 12.7. The highest BCUT2D eigenvalue weighted by molar-refractivity contribution is 5.47. The van der Waals surface area contributed by atoms with E-state index in [0.29, 0.717) is 0 Å². The van der Waals surface area contributed by atoms with Crippen LogP contribution >= 0.6 is 0 Å². The molecule has 0 heterocycles. The molecule has 0 aliphatic carbocycles. The van der Waals surface area contributed by atoms with Crippen molar-refractivity contribution in [2.24, 2.45) is 0 Å².